The van der Waals surface area contributed by atoms with Gasteiger partial charge < -0.3 is 16.0 Å². The van der Waals surface area contributed by atoms with Crippen LogP contribution in [0.2, 0.25) is 5.02 Å². The topological polar surface area (TPSA) is 61.6 Å². The third-order valence-corrected chi connectivity index (χ3v) is 7.35. The van der Waals surface area contributed by atoms with Crippen LogP contribution in [-0.2, 0) is 4.79 Å². The van der Waals surface area contributed by atoms with Crippen LogP contribution in [0.5, 0.6) is 0 Å². The van der Waals surface area contributed by atoms with Crippen molar-refractivity contribution in [3.8, 4) is 0 Å². The van der Waals surface area contributed by atoms with Crippen molar-refractivity contribution in [2.24, 2.45) is 5.73 Å². The number of fused-ring (bicyclic) bond motifs is 2. The molecule has 2 aliphatic heterocycles. The van der Waals surface area contributed by atoms with E-state index in [2.05, 4.69) is 46.7 Å². The molecule has 31 heavy (non-hydrogen) atoms. The molecule has 2 heterocycles. The Hall–Kier alpha value is -2.08. The van der Waals surface area contributed by atoms with E-state index < -0.39 is 5.54 Å². The number of hydrogen-bond donors (Lipinski definition) is 2. The summed E-state index contributed by atoms with van der Waals surface area (Å²) in [5, 5.41) is 4.47. The zero-order chi connectivity index (χ0) is 22.0. The predicted molar refractivity (Wildman–Crippen MR) is 129 cm³/mol. The Bertz CT molecular complexity index is 925. The molecule has 1 fully saturated rings. The van der Waals surface area contributed by atoms with Gasteiger partial charge >= 0.3 is 0 Å². The normalized spacial score (nSPS) is 22.6. The highest BCUT2D eigenvalue weighted by Gasteiger charge is 2.41. The van der Waals surface area contributed by atoms with E-state index in [0.717, 1.165) is 62.4 Å². The smallest absolute Gasteiger partial charge is 0.238 e. The molecule has 1 saturated heterocycles. The minimum absolute atomic E-state index is 0.203. The van der Waals surface area contributed by atoms with Gasteiger partial charge in [-0.05, 0) is 82.1 Å². The Kier molecular flexibility index (Phi) is 6.56. The number of likely N-dealkylation sites (tertiary alicyclic amines) is 1. The maximum Gasteiger partial charge on any atom is 0.238 e. The molecule has 1 aliphatic carbocycles. The van der Waals surface area contributed by atoms with Gasteiger partial charge in [0.1, 0.15) is 5.54 Å². The van der Waals surface area contributed by atoms with Crippen LogP contribution in [0.25, 0.3) is 5.57 Å². The van der Waals surface area contributed by atoms with Gasteiger partial charge in [-0.25, -0.2) is 0 Å². The van der Waals surface area contributed by atoms with Gasteiger partial charge in [-0.2, -0.15) is 0 Å². The number of nitrogens with one attached hydrogen (secondary N) is 1. The number of anilines is 1. The minimum atomic E-state index is -0.502. The van der Waals surface area contributed by atoms with Crippen LogP contribution in [0.3, 0.4) is 0 Å². The molecular weight excluding hydrogens is 408 g/mol. The van der Waals surface area contributed by atoms with Crippen LogP contribution < -0.4 is 11.1 Å². The molecule has 0 saturated carbocycles. The zero-order valence-corrected chi connectivity index (χ0v) is 19.3. The lowest BCUT2D eigenvalue weighted by Crippen LogP contribution is -2.60. The molecule has 0 spiro atoms. The quantitative estimate of drug-likeness (QED) is 0.700. The Morgan fingerprint density at radius 3 is 2.81 bits per heavy atom. The number of nitrogens with zero attached hydrogens (tertiary/aromatic N) is 2. The Morgan fingerprint density at radius 1 is 1.32 bits per heavy atom. The molecular formula is C25H33ClN4O. The average molecular weight is 441 g/mol. The van der Waals surface area contributed by atoms with Crippen molar-refractivity contribution in [2.45, 2.75) is 43.7 Å². The number of likely N-dealkylation sites (N-methyl/N-ethyl adjacent to an activating group) is 1. The summed E-state index contributed by atoms with van der Waals surface area (Å²) in [6.45, 7) is 2.83. The summed E-state index contributed by atoms with van der Waals surface area (Å²) in [4.78, 5) is 16.5. The van der Waals surface area contributed by atoms with Crippen LogP contribution in [0.4, 0.5) is 5.69 Å². The molecule has 1 unspecified atom stereocenters. The second-order valence-corrected chi connectivity index (χ2v) is 9.56. The first-order valence-electron chi connectivity index (χ1n) is 11.2. The van der Waals surface area contributed by atoms with E-state index in [4.69, 9.17) is 17.3 Å². The molecule has 5 nitrogen and oxygen atoms in total. The van der Waals surface area contributed by atoms with Gasteiger partial charge in [0.25, 0.3) is 0 Å². The van der Waals surface area contributed by atoms with Gasteiger partial charge in [0.2, 0.25) is 5.91 Å². The molecule has 3 N–H and O–H groups in total. The van der Waals surface area contributed by atoms with E-state index in [0.29, 0.717) is 6.04 Å². The van der Waals surface area contributed by atoms with Crippen molar-refractivity contribution in [2.75, 3.05) is 39.0 Å². The number of halogens is 1. The van der Waals surface area contributed by atoms with Gasteiger partial charge in [-0.1, -0.05) is 35.9 Å². The monoisotopic (exact) mass is 440 g/mol. The molecule has 0 bridgehead atoms. The summed E-state index contributed by atoms with van der Waals surface area (Å²) in [7, 11) is 3.91. The van der Waals surface area contributed by atoms with Gasteiger partial charge in [-0.3, -0.25) is 9.69 Å². The fraction of sp³-hybridized carbons (Fsp3) is 0.480. The summed E-state index contributed by atoms with van der Waals surface area (Å²) in [5.41, 5.74) is 10.3. The summed E-state index contributed by atoms with van der Waals surface area (Å²) in [5.74, 6) is -0.203. The third kappa shape index (κ3) is 4.59. The molecule has 1 aromatic rings. The Balaban J connectivity index is 1.43. The number of piperidine rings is 1. The van der Waals surface area contributed by atoms with E-state index in [1.807, 2.05) is 25.1 Å². The number of rotatable bonds is 6. The second-order valence-electron chi connectivity index (χ2n) is 9.12. The summed E-state index contributed by atoms with van der Waals surface area (Å²) in [6, 6.07) is 6.46. The molecule has 4 rings (SSSR count). The van der Waals surface area contributed by atoms with E-state index in [-0.39, 0.29) is 5.91 Å². The van der Waals surface area contributed by atoms with E-state index in [1.54, 1.807) is 0 Å². The van der Waals surface area contributed by atoms with Gasteiger partial charge in [0.05, 0.1) is 6.04 Å². The van der Waals surface area contributed by atoms with Gasteiger partial charge in [0.15, 0.2) is 0 Å². The lowest BCUT2D eigenvalue weighted by Gasteiger charge is -2.43. The predicted octanol–water partition coefficient (Wildman–Crippen LogP) is 4.07. The average Bonchev–Trinajstić information content (AvgIpc) is 2.90. The van der Waals surface area contributed by atoms with Crippen molar-refractivity contribution in [3.63, 3.8) is 0 Å². The zero-order valence-electron chi connectivity index (χ0n) is 18.5. The van der Waals surface area contributed by atoms with Crippen molar-refractivity contribution < 1.29 is 4.79 Å². The maximum atomic E-state index is 12.1. The van der Waals surface area contributed by atoms with Crippen molar-refractivity contribution in [1.82, 2.24) is 9.80 Å². The van der Waals surface area contributed by atoms with Crippen LogP contribution in [0.15, 0.2) is 48.1 Å². The number of nitrogens with two attached hydrogens (primary N) is 1. The van der Waals surface area contributed by atoms with Crippen LogP contribution >= 0.6 is 11.6 Å². The first kappa shape index (κ1) is 22.1. The number of primary amides is 1. The van der Waals surface area contributed by atoms with E-state index in [1.165, 1.54) is 16.7 Å². The minimum Gasteiger partial charge on any atom is -0.377 e. The highest BCUT2D eigenvalue weighted by atomic mass is 35.5. The molecule has 3 aliphatic rings. The van der Waals surface area contributed by atoms with Crippen LogP contribution in [0, 0.1) is 0 Å². The molecule has 0 aromatic heterocycles. The highest BCUT2D eigenvalue weighted by molar-refractivity contribution is 6.30. The lowest BCUT2D eigenvalue weighted by atomic mass is 9.85. The molecule has 1 atom stereocenters. The molecule has 1 aromatic carbocycles. The summed E-state index contributed by atoms with van der Waals surface area (Å²) in [6.07, 6.45) is 13.6. The molecule has 1 amide bonds. The number of amides is 1. The van der Waals surface area contributed by atoms with E-state index >= 15 is 0 Å². The van der Waals surface area contributed by atoms with Gasteiger partial charge in [0, 0.05) is 29.4 Å². The fourth-order valence-corrected chi connectivity index (χ4v) is 5.24. The third-order valence-electron chi connectivity index (χ3n) is 7.12. The molecule has 6 heteroatoms. The number of carbonyl (C=O) groups excluding carboxylic acids is 1. The van der Waals surface area contributed by atoms with Crippen molar-refractivity contribution in [3.05, 3.63) is 58.7 Å². The summed E-state index contributed by atoms with van der Waals surface area (Å²) >= 11 is 6.35. The van der Waals surface area contributed by atoms with E-state index in [9.17, 15) is 4.79 Å². The largest absolute Gasteiger partial charge is 0.377 e. The number of hydrogen-bond acceptors (Lipinski definition) is 4. The van der Waals surface area contributed by atoms with Crippen LogP contribution in [-0.4, -0.2) is 61.0 Å². The first-order valence-corrected chi connectivity index (χ1v) is 11.6. The van der Waals surface area contributed by atoms with Gasteiger partial charge in [-0.15, -0.1) is 0 Å². The lowest BCUT2D eigenvalue weighted by molar-refractivity contribution is -0.131. The number of carbonyl (C=O) groups is 1. The standard InChI is InChI=1S/C25H33ClN4O/c1-29(2)25(24(27)31)11-14-30(15-12-25)13-5-7-18-16-19-6-3-4-8-22(19)28-23-10-9-20(26)17-21(18)23/h3-4,6,9-10,16-17,22,28H,5,7-8,11-15H2,1-2H3,(H2,27,31). The number of benzene rings is 1. The Morgan fingerprint density at radius 2 is 2.10 bits per heavy atom. The molecule has 0 radical (unpaired) electrons. The van der Waals surface area contributed by atoms with Crippen LogP contribution in [0.1, 0.15) is 37.7 Å². The number of allylic oxidation sites excluding steroid dienone is 3. The second kappa shape index (κ2) is 9.19. The Labute approximate surface area is 190 Å². The first-order chi connectivity index (χ1) is 14.9. The van der Waals surface area contributed by atoms with Crippen molar-refractivity contribution in [1.29, 1.82) is 0 Å². The highest BCUT2D eigenvalue weighted by Crippen LogP contribution is 2.37. The summed E-state index contributed by atoms with van der Waals surface area (Å²) < 4.78 is 0. The maximum absolute atomic E-state index is 12.1. The molecule has 166 valence electrons. The van der Waals surface area contributed by atoms with Crippen molar-refractivity contribution >= 4 is 28.8 Å². The fourth-order valence-electron chi connectivity index (χ4n) is 5.07. The SMILES string of the molecule is CN(C)C1(C(N)=O)CCN(CCCC2=CC3=CC=CCC3Nc3ccc(Cl)cc32)CC1.